The number of sulfonamides is 1. The number of anilines is 3. The first-order chi connectivity index (χ1) is 19.6. The predicted molar refractivity (Wildman–Crippen MR) is 157 cm³/mol. The van der Waals surface area contributed by atoms with E-state index < -0.39 is 20.9 Å². The number of hydrogen-bond acceptors (Lipinski definition) is 9. The van der Waals surface area contributed by atoms with E-state index in [0.29, 0.717) is 33.8 Å². The molecule has 11 nitrogen and oxygen atoms in total. The Kier molecular flexibility index (Phi) is 7.43. The van der Waals surface area contributed by atoms with Crippen LogP contribution in [0.1, 0.15) is 5.56 Å². The SMILES string of the molecule is COc1cc(Nc2nc3ccccc3nc2NS(=O)(=O)c2cccc(C3(Cl)C=C(C(N)=O)C=CN3)c2)cc(OC)c1. The molecule has 0 radical (unpaired) electrons. The van der Waals surface area contributed by atoms with Crippen molar-refractivity contribution in [2.24, 2.45) is 5.73 Å². The van der Waals surface area contributed by atoms with Gasteiger partial charge in [0, 0.05) is 29.5 Å². The lowest BCUT2D eigenvalue weighted by Gasteiger charge is -2.28. The van der Waals surface area contributed by atoms with Crippen molar-refractivity contribution < 1.29 is 22.7 Å². The van der Waals surface area contributed by atoms with Crippen LogP contribution in [0.5, 0.6) is 11.5 Å². The van der Waals surface area contributed by atoms with Gasteiger partial charge in [0.2, 0.25) is 5.91 Å². The van der Waals surface area contributed by atoms with Gasteiger partial charge in [-0.3, -0.25) is 9.52 Å². The van der Waals surface area contributed by atoms with Crippen molar-refractivity contribution in [3.8, 4) is 11.5 Å². The van der Waals surface area contributed by atoms with Gasteiger partial charge >= 0.3 is 0 Å². The number of nitrogens with two attached hydrogens (primary N) is 1. The molecule has 4 aromatic rings. The van der Waals surface area contributed by atoms with Crippen LogP contribution in [0.4, 0.5) is 17.3 Å². The third-order valence-corrected chi connectivity index (χ3v) is 7.95. The molecule has 0 saturated carbocycles. The molecule has 1 unspecified atom stereocenters. The Hall–Kier alpha value is -4.81. The lowest BCUT2D eigenvalue weighted by molar-refractivity contribution is -0.114. The number of aromatic nitrogens is 2. The second-order valence-corrected chi connectivity index (χ2v) is 11.2. The smallest absolute Gasteiger partial charge is 0.263 e. The van der Waals surface area contributed by atoms with Crippen LogP contribution in [-0.2, 0) is 19.8 Å². The number of dihydropyridines is 1. The molecular formula is C28H25ClN6O5S. The van der Waals surface area contributed by atoms with Crippen molar-refractivity contribution in [1.29, 1.82) is 0 Å². The van der Waals surface area contributed by atoms with Crippen molar-refractivity contribution in [3.05, 3.63) is 96.2 Å². The van der Waals surface area contributed by atoms with Crippen LogP contribution in [0.25, 0.3) is 11.0 Å². The highest BCUT2D eigenvalue weighted by Crippen LogP contribution is 2.34. The summed E-state index contributed by atoms with van der Waals surface area (Å²) in [6, 6.07) is 18.2. The molecule has 5 N–H and O–H groups in total. The van der Waals surface area contributed by atoms with E-state index in [4.69, 9.17) is 26.8 Å². The molecular weight excluding hydrogens is 568 g/mol. The molecule has 0 fully saturated rings. The van der Waals surface area contributed by atoms with Gasteiger partial charge in [0.25, 0.3) is 10.0 Å². The van der Waals surface area contributed by atoms with Gasteiger partial charge in [0.15, 0.2) is 16.6 Å². The lowest BCUT2D eigenvalue weighted by Crippen LogP contribution is -2.35. The minimum Gasteiger partial charge on any atom is -0.497 e. The minimum absolute atomic E-state index is 0.0360. The molecule has 13 heteroatoms. The third kappa shape index (κ3) is 5.88. The summed E-state index contributed by atoms with van der Waals surface area (Å²) >= 11 is 6.74. The zero-order valence-corrected chi connectivity index (χ0v) is 23.5. The summed E-state index contributed by atoms with van der Waals surface area (Å²) in [5.41, 5.74) is 7.53. The van der Waals surface area contributed by atoms with Gasteiger partial charge < -0.3 is 25.8 Å². The normalized spacial score (nSPS) is 16.4. The lowest BCUT2D eigenvalue weighted by atomic mass is 10.0. The van der Waals surface area contributed by atoms with Gasteiger partial charge in [-0.25, -0.2) is 18.4 Å². The number of nitrogens with zero attached hydrogens (tertiary/aromatic N) is 2. The summed E-state index contributed by atoms with van der Waals surface area (Å²) in [5.74, 6) is 0.497. The van der Waals surface area contributed by atoms with Crippen LogP contribution < -0.4 is 30.6 Å². The van der Waals surface area contributed by atoms with Gasteiger partial charge in [-0.05, 0) is 48.2 Å². The number of hydrogen-bond donors (Lipinski definition) is 4. The van der Waals surface area contributed by atoms with E-state index in [-0.39, 0.29) is 22.1 Å². The molecule has 1 aliphatic heterocycles. The number of nitrogens with one attached hydrogen (secondary N) is 3. The average molecular weight is 593 g/mol. The van der Waals surface area contributed by atoms with E-state index in [2.05, 4.69) is 25.3 Å². The molecule has 41 heavy (non-hydrogen) atoms. The highest BCUT2D eigenvalue weighted by Gasteiger charge is 2.31. The number of halogens is 1. The quantitative estimate of drug-likeness (QED) is 0.166. The fraction of sp³-hybridized carbons (Fsp3) is 0.107. The van der Waals surface area contributed by atoms with E-state index in [0.717, 1.165) is 0 Å². The Morgan fingerprint density at radius 3 is 2.24 bits per heavy atom. The molecule has 0 aliphatic carbocycles. The number of fused-ring (bicyclic) bond motifs is 1. The van der Waals surface area contributed by atoms with Crippen LogP contribution >= 0.6 is 11.6 Å². The molecule has 0 bridgehead atoms. The summed E-state index contributed by atoms with van der Waals surface area (Å²) in [4.78, 5) is 19.4. The van der Waals surface area contributed by atoms with Crippen LogP contribution in [0, 0.1) is 0 Å². The number of methoxy groups -OCH3 is 2. The third-order valence-electron chi connectivity index (χ3n) is 6.18. The number of benzene rings is 3. The molecule has 0 saturated heterocycles. The fourth-order valence-corrected chi connectivity index (χ4v) is 5.48. The largest absolute Gasteiger partial charge is 0.497 e. The van der Waals surface area contributed by atoms with Crippen molar-refractivity contribution in [3.63, 3.8) is 0 Å². The predicted octanol–water partition coefficient (Wildman–Crippen LogP) is 4.11. The summed E-state index contributed by atoms with van der Waals surface area (Å²) in [5, 5.41) is 6.05. The second-order valence-electron chi connectivity index (χ2n) is 8.92. The molecule has 210 valence electrons. The van der Waals surface area contributed by atoms with Crippen molar-refractivity contribution in [2.45, 2.75) is 9.89 Å². The Balaban J connectivity index is 1.53. The van der Waals surface area contributed by atoms with Crippen molar-refractivity contribution in [2.75, 3.05) is 24.3 Å². The number of primary amides is 1. The first-order valence-corrected chi connectivity index (χ1v) is 14.0. The van der Waals surface area contributed by atoms with Gasteiger partial charge in [-0.15, -0.1) is 0 Å². The van der Waals surface area contributed by atoms with E-state index in [1.165, 1.54) is 44.7 Å². The molecule has 3 aromatic carbocycles. The maximum absolute atomic E-state index is 13.6. The van der Waals surface area contributed by atoms with Crippen LogP contribution in [0.3, 0.4) is 0 Å². The molecule has 1 amide bonds. The number of para-hydroxylation sites is 2. The molecule has 0 spiro atoms. The van der Waals surface area contributed by atoms with E-state index >= 15 is 0 Å². The summed E-state index contributed by atoms with van der Waals surface area (Å²) in [6.07, 6.45) is 4.38. The zero-order chi connectivity index (χ0) is 29.2. The Bertz CT molecular complexity index is 1810. The van der Waals surface area contributed by atoms with Gasteiger partial charge in [0.05, 0.1) is 30.1 Å². The first kappa shape index (κ1) is 27.7. The monoisotopic (exact) mass is 592 g/mol. The molecule has 1 aromatic heterocycles. The maximum atomic E-state index is 13.6. The molecule has 5 rings (SSSR count). The van der Waals surface area contributed by atoms with Gasteiger partial charge in [-0.1, -0.05) is 35.9 Å². The molecule has 1 atom stereocenters. The van der Waals surface area contributed by atoms with E-state index in [1.54, 1.807) is 54.6 Å². The molecule has 1 aliphatic rings. The van der Waals surface area contributed by atoms with Crippen molar-refractivity contribution >= 4 is 55.9 Å². The topological polar surface area (TPSA) is 158 Å². The second kappa shape index (κ2) is 11.0. The minimum atomic E-state index is -4.20. The van der Waals surface area contributed by atoms with Crippen molar-refractivity contribution in [1.82, 2.24) is 15.3 Å². The molecule has 2 heterocycles. The van der Waals surface area contributed by atoms with Crippen LogP contribution in [-0.4, -0.2) is 38.5 Å². The number of amides is 1. The van der Waals surface area contributed by atoms with Gasteiger partial charge in [-0.2, -0.15) is 0 Å². The Morgan fingerprint density at radius 2 is 1.61 bits per heavy atom. The maximum Gasteiger partial charge on any atom is 0.263 e. The Morgan fingerprint density at radius 1 is 0.951 bits per heavy atom. The Labute approximate surface area is 241 Å². The standard InChI is InChI=1S/C28H25ClN6O5S/c1-39-20-13-19(14-21(15-20)40-2)32-26-27(34-24-9-4-3-8-23(24)33-26)35-41(37,38)22-7-5-6-18(12-22)28(29)16-17(25(30)36)10-11-31-28/h3-16,31H,1-2H3,(H2,30,36)(H,32,33)(H,34,35). The van der Waals surface area contributed by atoms with Crippen LogP contribution in [0.15, 0.2) is 95.6 Å². The number of rotatable bonds is 9. The highest BCUT2D eigenvalue weighted by atomic mass is 35.5. The number of ether oxygens (including phenoxy) is 2. The fourth-order valence-electron chi connectivity index (χ4n) is 4.13. The summed E-state index contributed by atoms with van der Waals surface area (Å²) in [7, 11) is -1.15. The average Bonchev–Trinajstić information content (AvgIpc) is 2.97. The van der Waals surface area contributed by atoms with E-state index in [1.807, 2.05) is 0 Å². The summed E-state index contributed by atoms with van der Waals surface area (Å²) in [6.45, 7) is 0. The van der Waals surface area contributed by atoms with E-state index in [9.17, 15) is 13.2 Å². The zero-order valence-electron chi connectivity index (χ0n) is 21.9. The first-order valence-electron chi connectivity index (χ1n) is 12.2. The van der Waals surface area contributed by atoms with Gasteiger partial charge in [0.1, 0.15) is 11.5 Å². The highest BCUT2D eigenvalue weighted by molar-refractivity contribution is 7.92. The number of carbonyl (C=O) groups excluding carboxylic acids is 1. The number of carbonyl (C=O) groups is 1. The summed E-state index contributed by atoms with van der Waals surface area (Å²) < 4.78 is 40.5. The number of alkyl halides is 1. The van der Waals surface area contributed by atoms with Crippen LogP contribution in [0.2, 0.25) is 0 Å².